The first-order valence-corrected chi connectivity index (χ1v) is 9.22. The molecule has 2 rings (SSSR count). The predicted octanol–water partition coefficient (Wildman–Crippen LogP) is 2.46. The fourth-order valence-corrected chi connectivity index (χ4v) is 3.74. The lowest BCUT2D eigenvalue weighted by atomic mass is 10.3. The van der Waals surface area contributed by atoms with E-state index in [0.29, 0.717) is 11.4 Å². The van der Waals surface area contributed by atoms with E-state index in [9.17, 15) is 8.42 Å². The molecule has 1 aromatic carbocycles. The summed E-state index contributed by atoms with van der Waals surface area (Å²) < 4.78 is 32.3. The molecule has 132 valence electrons. The van der Waals surface area contributed by atoms with E-state index in [0.717, 1.165) is 25.2 Å². The summed E-state index contributed by atoms with van der Waals surface area (Å²) in [5, 5.41) is 6.99. The molecule has 24 heavy (non-hydrogen) atoms. The molecular formula is C16H24N4O3S. The van der Waals surface area contributed by atoms with Gasteiger partial charge in [-0.15, -0.1) is 0 Å². The molecule has 0 fully saturated rings. The van der Waals surface area contributed by atoms with Crippen LogP contribution in [0.15, 0.2) is 33.7 Å². The molecule has 0 spiro atoms. The second-order valence-corrected chi connectivity index (χ2v) is 7.54. The van der Waals surface area contributed by atoms with Crippen molar-refractivity contribution in [2.45, 2.75) is 25.2 Å². The van der Waals surface area contributed by atoms with Crippen LogP contribution in [0.3, 0.4) is 0 Å². The van der Waals surface area contributed by atoms with Gasteiger partial charge >= 0.3 is 0 Å². The van der Waals surface area contributed by atoms with E-state index >= 15 is 0 Å². The fraction of sp³-hybridized carbons (Fsp3) is 0.438. The number of benzene rings is 1. The van der Waals surface area contributed by atoms with E-state index in [2.05, 4.69) is 20.1 Å². The van der Waals surface area contributed by atoms with Gasteiger partial charge in [0.25, 0.3) is 10.0 Å². The highest BCUT2D eigenvalue weighted by molar-refractivity contribution is 7.92. The molecule has 2 aromatic rings. The van der Waals surface area contributed by atoms with Crippen molar-refractivity contribution in [3.05, 3.63) is 35.7 Å². The van der Waals surface area contributed by atoms with Gasteiger partial charge in [-0.1, -0.05) is 5.16 Å². The third-order valence-corrected chi connectivity index (χ3v) is 5.11. The maximum atomic E-state index is 12.4. The van der Waals surface area contributed by atoms with Crippen LogP contribution in [0, 0.1) is 13.8 Å². The van der Waals surface area contributed by atoms with Gasteiger partial charge < -0.3 is 14.7 Å². The zero-order chi connectivity index (χ0) is 17.7. The van der Waals surface area contributed by atoms with Gasteiger partial charge in [-0.25, -0.2) is 8.42 Å². The zero-order valence-electron chi connectivity index (χ0n) is 14.5. The summed E-state index contributed by atoms with van der Waals surface area (Å²) in [5.41, 5.74) is 1.79. The predicted molar refractivity (Wildman–Crippen MR) is 94.9 cm³/mol. The van der Waals surface area contributed by atoms with Crippen LogP contribution in [0.4, 0.5) is 11.4 Å². The SMILES string of the molecule is Cc1noc(C)c1S(=O)(=O)Nc1ccc(NCCCN(C)C)cc1. The third kappa shape index (κ3) is 4.72. The van der Waals surface area contributed by atoms with Crippen molar-refractivity contribution in [1.82, 2.24) is 10.1 Å². The van der Waals surface area contributed by atoms with Gasteiger partial charge in [-0.05, 0) is 65.2 Å². The van der Waals surface area contributed by atoms with Crippen molar-refractivity contribution in [3.63, 3.8) is 0 Å². The molecule has 2 N–H and O–H groups in total. The Morgan fingerprint density at radius 2 is 1.75 bits per heavy atom. The second-order valence-electron chi connectivity index (χ2n) is 5.92. The molecule has 0 atom stereocenters. The normalized spacial score (nSPS) is 11.7. The molecule has 0 bridgehead atoms. The van der Waals surface area contributed by atoms with Gasteiger partial charge in [0.15, 0.2) is 10.7 Å². The van der Waals surface area contributed by atoms with Crippen molar-refractivity contribution in [2.24, 2.45) is 0 Å². The topological polar surface area (TPSA) is 87.5 Å². The number of anilines is 2. The molecule has 0 radical (unpaired) electrons. The Labute approximate surface area is 143 Å². The molecule has 1 heterocycles. The van der Waals surface area contributed by atoms with Crippen molar-refractivity contribution < 1.29 is 12.9 Å². The maximum absolute atomic E-state index is 12.4. The smallest absolute Gasteiger partial charge is 0.267 e. The number of hydrogen-bond acceptors (Lipinski definition) is 6. The summed E-state index contributed by atoms with van der Waals surface area (Å²) >= 11 is 0. The van der Waals surface area contributed by atoms with Gasteiger partial charge in [-0.2, -0.15) is 0 Å². The molecule has 0 aliphatic rings. The molecule has 0 unspecified atom stereocenters. The Bertz CT molecular complexity index is 748. The lowest BCUT2D eigenvalue weighted by Crippen LogP contribution is -2.16. The number of rotatable bonds is 8. The molecule has 0 saturated carbocycles. The first-order chi connectivity index (χ1) is 11.3. The maximum Gasteiger partial charge on any atom is 0.267 e. The molecule has 0 amide bonds. The number of nitrogens with one attached hydrogen (secondary N) is 2. The van der Waals surface area contributed by atoms with Crippen LogP contribution in [-0.2, 0) is 10.0 Å². The van der Waals surface area contributed by atoms with Gasteiger partial charge in [0.05, 0.1) is 0 Å². The Morgan fingerprint density at radius 3 is 2.29 bits per heavy atom. The van der Waals surface area contributed by atoms with Crippen LogP contribution >= 0.6 is 0 Å². The fourth-order valence-electron chi connectivity index (χ4n) is 2.35. The molecule has 1 aromatic heterocycles. The minimum absolute atomic E-state index is 0.0911. The average molecular weight is 352 g/mol. The van der Waals surface area contributed by atoms with E-state index in [1.54, 1.807) is 26.0 Å². The van der Waals surface area contributed by atoms with E-state index in [4.69, 9.17) is 4.52 Å². The molecule has 0 aliphatic carbocycles. The number of hydrogen-bond donors (Lipinski definition) is 2. The number of aryl methyl sites for hydroxylation is 2. The van der Waals surface area contributed by atoms with Crippen LogP contribution in [-0.4, -0.2) is 45.7 Å². The highest BCUT2D eigenvalue weighted by Gasteiger charge is 2.24. The summed E-state index contributed by atoms with van der Waals surface area (Å²) in [7, 11) is 0.376. The van der Waals surface area contributed by atoms with Crippen LogP contribution in [0.2, 0.25) is 0 Å². The number of aromatic nitrogens is 1. The lowest BCUT2D eigenvalue weighted by Gasteiger charge is -2.11. The second kappa shape index (κ2) is 7.67. The Morgan fingerprint density at radius 1 is 1.12 bits per heavy atom. The minimum atomic E-state index is -3.71. The molecule has 7 nitrogen and oxygen atoms in total. The Kier molecular flexibility index (Phi) is 5.84. The summed E-state index contributed by atoms with van der Waals surface area (Å²) in [4.78, 5) is 2.22. The van der Waals surface area contributed by atoms with Gasteiger partial charge in [-0.3, -0.25) is 4.72 Å². The van der Waals surface area contributed by atoms with Crippen LogP contribution < -0.4 is 10.0 Å². The van der Waals surface area contributed by atoms with Gasteiger partial charge in [0.1, 0.15) is 5.69 Å². The van der Waals surface area contributed by atoms with E-state index in [1.807, 2.05) is 26.2 Å². The van der Waals surface area contributed by atoms with Crippen LogP contribution in [0.25, 0.3) is 0 Å². The Hall–Kier alpha value is -2.06. The summed E-state index contributed by atoms with van der Waals surface area (Å²) in [5.74, 6) is 0.277. The minimum Gasteiger partial charge on any atom is -0.385 e. The lowest BCUT2D eigenvalue weighted by molar-refractivity contribution is 0.390. The first-order valence-electron chi connectivity index (χ1n) is 7.74. The number of sulfonamides is 1. The molecule has 0 saturated heterocycles. The Balaban J connectivity index is 1.99. The average Bonchev–Trinajstić information content (AvgIpc) is 2.84. The molecule has 0 aliphatic heterocycles. The monoisotopic (exact) mass is 352 g/mol. The molecule has 8 heteroatoms. The largest absolute Gasteiger partial charge is 0.385 e. The van der Waals surface area contributed by atoms with Crippen molar-refractivity contribution >= 4 is 21.4 Å². The quantitative estimate of drug-likeness (QED) is 0.710. The summed E-state index contributed by atoms with van der Waals surface area (Å²) in [6, 6.07) is 7.15. The van der Waals surface area contributed by atoms with E-state index in [-0.39, 0.29) is 10.7 Å². The van der Waals surface area contributed by atoms with E-state index < -0.39 is 10.0 Å². The summed E-state index contributed by atoms with van der Waals surface area (Å²) in [6.07, 6.45) is 1.04. The van der Waals surface area contributed by atoms with Crippen LogP contribution in [0.5, 0.6) is 0 Å². The van der Waals surface area contributed by atoms with Gasteiger partial charge in [0, 0.05) is 17.9 Å². The van der Waals surface area contributed by atoms with Crippen molar-refractivity contribution in [3.8, 4) is 0 Å². The third-order valence-electron chi connectivity index (χ3n) is 3.48. The highest BCUT2D eigenvalue weighted by Crippen LogP contribution is 2.23. The molecular weight excluding hydrogens is 328 g/mol. The van der Waals surface area contributed by atoms with Crippen LogP contribution in [0.1, 0.15) is 17.9 Å². The standard InChI is InChI=1S/C16H24N4O3S/c1-12-16(13(2)23-18-12)24(21,22)19-15-8-6-14(7-9-15)17-10-5-11-20(3)4/h6-9,17,19H,5,10-11H2,1-4H3. The van der Waals surface area contributed by atoms with Gasteiger partial charge in [0.2, 0.25) is 0 Å². The van der Waals surface area contributed by atoms with E-state index in [1.165, 1.54) is 0 Å². The summed E-state index contributed by atoms with van der Waals surface area (Å²) in [6.45, 7) is 5.06. The first kappa shape index (κ1) is 18.3. The van der Waals surface area contributed by atoms with Crippen molar-refractivity contribution in [2.75, 3.05) is 37.2 Å². The van der Waals surface area contributed by atoms with Crippen molar-refractivity contribution in [1.29, 1.82) is 0 Å². The number of nitrogens with zero attached hydrogens (tertiary/aromatic N) is 2. The highest BCUT2D eigenvalue weighted by atomic mass is 32.2. The zero-order valence-corrected chi connectivity index (χ0v) is 15.3.